The Kier molecular flexibility index (Phi) is 3.25. The number of hydrogen-bond donors (Lipinski definition) is 1. The van der Waals surface area contributed by atoms with Crippen LogP contribution in [0.3, 0.4) is 0 Å². The molecule has 0 aromatic carbocycles. The Morgan fingerprint density at radius 1 is 1.62 bits per heavy atom. The van der Waals surface area contributed by atoms with Gasteiger partial charge in [-0.05, 0) is 26.0 Å². The molecule has 1 heterocycles. The molecule has 0 fully saturated rings. The van der Waals surface area contributed by atoms with Crippen LogP contribution < -0.4 is 10.1 Å². The zero-order chi connectivity index (χ0) is 9.68. The summed E-state index contributed by atoms with van der Waals surface area (Å²) in [6, 6.07) is 3.45. The maximum Gasteiger partial charge on any atom is 0.412 e. The Morgan fingerprint density at radius 2 is 2.38 bits per heavy atom. The predicted molar refractivity (Wildman–Crippen MR) is 48.5 cm³/mol. The summed E-state index contributed by atoms with van der Waals surface area (Å²) in [6.07, 6.45) is 2.65. The van der Waals surface area contributed by atoms with Crippen molar-refractivity contribution in [3.8, 4) is 5.75 Å². The monoisotopic (exact) mass is 180 g/mol. The number of pyridine rings is 1. The molecule has 0 saturated carbocycles. The van der Waals surface area contributed by atoms with Crippen LogP contribution in [0.4, 0.5) is 4.79 Å². The van der Waals surface area contributed by atoms with E-state index in [0.29, 0.717) is 5.75 Å². The molecule has 0 saturated heterocycles. The molecule has 13 heavy (non-hydrogen) atoms. The highest BCUT2D eigenvalue weighted by atomic mass is 16.6. The van der Waals surface area contributed by atoms with Gasteiger partial charge in [-0.3, -0.25) is 4.98 Å². The Hall–Kier alpha value is -1.58. The summed E-state index contributed by atoms with van der Waals surface area (Å²) in [5.41, 5.74) is 0. The van der Waals surface area contributed by atoms with Gasteiger partial charge in [0, 0.05) is 12.2 Å². The fraction of sp³-hybridized carbons (Fsp3) is 0.333. The van der Waals surface area contributed by atoms with E-state index in [1.54, 1.807) is 18.3 Å². The van der Waals surface area contributed by atoms with Crippen molar-refractivity contribution in [2.45, 2.75) is 19.9 Å². The lowest BCUT2D eigenvalue weighted by molar-refractivity contribution is 0.197. The Balaban J connectivity index is 2.46. The molecule has 1 aromatic rings. The predicted octanol–water partition coefficient (Wildman–Crippen LogP) is 1.58. The Morgan fingerprint density at radius 3 is 2.92 bits per heavy atom. The molecule has 4 heteroatoms. The van der Waals surface area contributed by atoms with E-state index in [-0.39, 0.29) is 6.04 Å². The molecular weight excluding hydrogens is 168 g/mol. The molecular formula is C9H12N2O2. The summed E-state index contributed by atoms with van der Waals surface area (Å²) in [4.78, 5) is 14.9. The van der Waals surface area contributed by atoms with Crippen LogP contribution in [-0.2, 0) is 0 Å². The number of carbonyl (C=O) groups is 1. The van der Waals surface area contributed by atoms with Crippen LogP contribution in [0.15, 0.2) is 24.5 Å². The summed E-state index contributed by atoms with van der Waals surface area (Å²) in [7, 11) is 0. The molecule has 0 aliphatic rings. The first kappa shape index (κ1) is 9.51. The van der Waals surface area contributed by atoms with Crippen molar-refractivity contribution < 1.29 is 9.53 Å². The standard InChI is InChI=1S/C9H12N2O2/c1-7(2)11-9(12)13-8-4-3-5-10-6-8/h3-7H,1-2H3,(H,11,12). The molecule has 0 bridgehead atoms. The average molecular weight is 180 g/mol. The van der Waals surface area contributed by atoms with Crippen molar-refractivity contribution in [3.05, 3.63) is 24.5 Å². The number of ether oxygens (including phenoxy) is 1. The molecule has 0 aliphatic carbocycles. The number of rotatable bonds is 2. The highest BCUT2D eigenvalue weighted by Crippen LogP contribution is 2.05. The third-order valence-corrected chi connectivity index (χ3v) is 1.25. The largest absolute Gasteiger partial charge is 0.412 e. The minimum Gasteiger partial charge on any atom is -0.409 e. The minimum atomic E-state index is -0.456. The second kappa shape index (κ2) is 4.45. The van der Waals surface area contributed by atoms with Crippen molar-refractivity contribution in [1.29, 1.82) is 0 Å². The van der Waals surface area contributed by atoms with Crippen LogP contribution in [-0.4, -0.2) is 17.1 Å². The molecule has 0 unspecified atom stereocenters. The number of aromatic nitrogens is 1. The summed E-state index contributed by atoms with van der Waals surface area (Å²) in [6.45, 7) is 3.73. The van der Waals surface area contributed by atoms with Gasteiger partial charge in [-0.2, -0.15) is 0 Å². The molecule has 0 spiro atoms. The Bertz CT molecular complexity index is 272. The molecule has 70 valence electrons. The number of hydrogen-bond acceptors (Lipinski definition) is 3. The second-order valence-electron chi connectivity index (χ2n) is 2.88. The molecule has 1 aromatic heterocycles. The first-order valence-corrected chi connectivity index (χ1v) is 4.07. The lowest BCUT2D eigenvalue weighted by atomic mass is 10.4. The van der Waals surface area contributed by atoms with Crippen LogP contribution in [0.25, 0.3) is 0 Å². The average Bonchev–Trinajstić information content (AvgIpc) is 2.04. The van der Waals surface area contributed by atoms with Crippen LogP contribution >= 0.6 is 0 Å². The van der Waals surface area contributed by atoms with Gasteiger partial charge in [0.15, 0.2) is 5.75 Å². The van der Waals surface area contributed by atoms with Crippen LogP contribution in [0, 0.1) is 0 Å². The van der Waals surface area contributed by atoms with Crippen molar-refractivity contribution in [2.24, 2.45) is 0 Å². The number of nitrogens with one attached hydrogen (secondary N) is 1. The van der Waals surface area contributed by atoms with Gasteiger partial charge in [0.2, 0.25) is 0 Å². The van der Waals surface area contributed by atoms with Gasteiger partial charge in [-0.15, -0.1) is 0 Å². The van der Waals surface area contributed by atoms with Gasteiger partial charge in [-0.1, -0.05) is 0 Å². The summed E-state index contributed by atoms with van der Waals surface area (Å²) in [5, 5.41) is 2.60. The third kappa shape index (κ3) is 3.55. The fourth-order valence-electron chi connectivity index (χ4n) is 0.780. The summed E-state index contributed by atoms with van der Waals surface area (Å²) < 4.78 is 4.91. The molecule has 1 rings (SSSR count). The van der Waals surface area contributed by atoms with E-state index in [9.17, 15) is 4.79 Å². The third-order valence-electron chi connectivity index (χ3n) is 1.25. The number of carbonyl (C=O) groups excluding carboxylic acids is 1. The lowest BCUT2D eigenvalue weighted by Crippen LogP contribution is -2.32. The highest BCUT2D eigenvalue weighted by Gasteiger charge is 2.04. The van der Waals surface area contributed by atoms with Gasteiger partial charge in [0.05, 0.1) is 6.20 Å². The summed E-state index contributed by atoms with van der Waals surface area (Å²) in [5.74, 6) is 0.445. The first-order valence-electron chi connectivity index (χ1n) is 4.07. The van der Waals surface area contributed by atoms with Gasteiger partial charge >= 0.3 is 6.09 Å². The SMILES string of the molecule is CC(C)NC(=O)Oc1cccnc1. The van der Waals surface area contributed by atoms with Gasteiger partial charge in [-0.25, -0.2) is 4.79 Å². The molecule has 0 atom stereocenters. The fourth-order valence-corrected chi connectivity index (χ4v) is 0.780. The van der Waals surface area contributed by atoms with E-state index in [0.717, 1.165) is 0 Å². The molecule has 1 amide bonds. The number of nitrogens with zero attached hydrogens (tertiary/aromatic N) is 1. The summed E-state index contributed by atoms with van der Waals surface area (Å²) >= 11 is 0. The minimum absolute atomic E-state index is 0.0733. The Labute approximate surface area is 76.9 Å². The smallest absolute Gasteiger partial charge is 0.409 e. The second-order valence-corrected chi connectivity index (χ2v) is 2.88. The van der Waals surface area contributed by atoms with E-state index in [2.05, 4.69) is 10.3 Å². The van der Waals surface area contributed by atoms with Crippen LogP contribution in [0.5, 0.6) is 5.75 Å². The van der Waals surface area contributed by atoms with Gasteiger partial charge < -0.3 is 10.1 Å². The molecule has 0 radical (unpaired) electrons. The van der Waals surface area contributed by atoms with E-state index in [1.165, 1.54) is 6.20 Å². The van der Waals surface area contributed by atoms with E-state index in [1.807, 2.05) is 13.8 Å². The quantitative estimate of drug-likeness (QED) is 0.751. The molecule has 0 aliphatic heterocycles. The zero-order valence-electron chi connectivity index (χ0n) is 7.65. The van der Waals surface area contributed by atoms with Gasteiger partial charge in [0.1, 0.15) is 0 Å². The van der Waals surface area contributed by atoms with E-state index < -0.39 is 6.09 Å². The van der Waals surface area contributed by atoms with Crippen LogP contribution in [0.1, 0.15) is 13.8 Å². The molecule has 1 N–H and O–H groups in total. The lowest BCUT2D eigenvalue weighted by Gasteiger charge is -2.07. The zero-order valence-corrected chi connectivity index (χ0v) is 7.65. The van der Waals surface area contributed by atoms with E-state index >= 15 is 0 Å². The van der Waals surface area contributed by atoms with Crippen molar-refractivity contribution in [1.82, 2.24) is 10.3 Å². The van der Waals surface area contributed by atoms with Gasteiger partial charge in [0.25, 0.3) is 0 Å². The topological polar surface area (TPSA) is 51.2 Å². The normalized spacial score (nSPS) is 9.77. The van der Waals surface area contributed by atoms with Crippen molar-refractivity contribution in [3.63, 3.8) is 0 Å². The maximum absolute atomic E-state index is 11.1. The van der Waals surface area contributed by atoms with E-state index in [4.69, 9.17) is 4.74 Å². The maximum atomic E-state index is 11.1. The van der Waals surface area contributed by atoms with Crippen molar-refractivity contribution >= 4 is 6.09 Å². The van der Waals surface area contributed by atoms with Crippen molar-refractivity contribution in [2.75, 3.05) is 0 Å². The highest BCUT2D eigenvalue weighted by molar-refractivity contribution is 5.70. The first-order chi connectivity index (χ1) is 6.18. The van der Waals surface area contributed by atoms with Crippen LogP contribution in [0.2, 0.25) is 0 Å². The molecule has 4 nitrogen and oxygen atoms in total. The number of amides is 1.